The number of fused-ring (bicyclic) bond motifs is 1. The van der Waals surface area contributed by atoms with Gasteiger partial charge in [0.25, 0.3) is 5.56 Å². The molecule has 0 fully saturated rings. The minimum Gasteiger partial charge on any atom is -0.438 e. The van der Waals surface area contributed by atoms with E-state index in [1.54, 1.807) is 48.5 Å². The van der Waals surface area contributed by atoms with Crippen LogP contribution in [0.1, 0.15) is 5.56 Å². The third kappa shape index (κ3) is 3.93. The molecule has 0 amide bonds. The predicted octanol–water partition coefficient (Wildman–Crippen LogP) is 5.45. The molecule has 0 unspecified atom stereocenters. The van der Waals surface area contributed by atoms with Crippen LogP contribution in [0.5, 0.6) is 11.6 Å². The molecule has 2 aromatic carbocycles. The Balaban J connectivity index is 1.60. The molecule has 4 aromatic rings. The number of aromatic amines is 1. The molecule has 29 heavy (non-hydrogen) atoms. The van der Waals surface area contributed by atoms with Gasteiger partial charge < -0.3 is 9.72 Å². The van der Waals surface area contributed by atoms with Crippen molar-refractivity contribution < 1.29 is 17.9 Å². The molecule has 0 aliphatic rings. The second kappa shape index (κ2) is 7.21. The van der Waals surface area contributed by atoms with E-state index >= 15 is 0 Å². The van der Waals surface area contributed by atoms with Gasteiger partial charge in [0.15, 0.2) is 0 Å². The summed E-state index contributed by atoms with van der Waals surface area (Å²) in [5.41, 5.74) is -0.0258. The molecule has 2 heterocycles. The molecule has 9 heteroatoms. The summed E-state index contributed by atoms with van der Waals surface area (Å²) >= 11 is 5.85. The minimum atomic E-state index is -4.54. The molecule has 0 aliphatic heterocycles. The van der Waals surface area contributed by atoms with Crippen LogP contribution in [0.4, 0.5) is 13.2 Å². The highest BCUT2D eigenvalue weighted by Crippen LogP contribution is 2.34. The van der Waals surface area contributed by atoms with E-state index in [0.717, 1.165) is 6.07 Å². The van der Waals surface area contributed by atoms with Crippen LogP contribution in [0.25, 0.3) is 22.3 Å². The predicted molar refractivity (Wildman–Crippen MR) is 102 cm³/mol. The lowest BCUT2D eigenvalue weighted by molar-refractivity contribution is -0.137. The number of para-hydroxylation sites is 1. The maximum Gasteiger partial charge on any atom is 0.417 e. The zero-order valence-corrected chi connectivity index (χ0v) is 15.3. The van der Waals surface area contributed by atoms with Crippen LogP contribution in [-0.2, 0) is 6.18 Å². The SMILES string of the molecule is O=c1[nH]c(-c2ccc(Oc3ncc(C(F)(F)F)cc3Cl)cc2)nc2ccccc12. The highest BCUT2D eigenvalue weighted by molar-refractivity contribution is 6.31. The number of halogens is 4. The van der Waals surface area contributed by atoms with Crippen LogP contribution in [-0.4, -0.2) is 15.0 Å². The number of hydrogen-bond acceptors (Lipinski definition) is 4. The molecule has 0 spiro atoms. The van der Waals surface area contributed by atoms with Crippen molar-refractivity contribution in [2.24, 2.45) is 0 Å². The summed E-state index contributed by atoms with van der Waals surface area (Å²) in [6, 6.07) is 14.2. The number of rotatable bonds is 3. The molecule has 0 saturated carbocycles. The Kier molecular flexibility index (Phi) is 4.71. The second-order valence-electron chi connectivity index (χ2n) is 6.07. The average molecular weight is 418 g/mol. The van der Waals surface area contributed by atoms with Crippen LogP contribution in [0.2, 0.25) is 5.02 Å². The Morgan fingerprint density at radius 2 is 1.76 bits per heavy atom. The number of alkyl halides is 3. The van der Waals surface area contributed by atoms with E-state index in [2.05, 4.69) is 15.0 Å². The average Bonchev–Trinajstić information content (AvgIpc) is 2.69. The Labute approximate surface area is 166 Å². The van der Waals surface area contributed by atoms with E-state index < -0.39 is 11.7 Å². The van der Waals surface area contributed by atoms with Gasteiger partial charge in [0.05, 0.1) is 16.5 Å². The Morgan fingerprint density at radius 1 is 1.03 bits per heavy atom. The normalized spacial score (nSPS) is 11.6. The monoisotopic (exact) mass is 417 g/mol. The second-order valence-corrected chi connectivity index (χ2v) is 6.47. The molecule has 146 valence electrons. The van der Waals surface area contributed by atoms with Crippen molar-refractivity contribution in [2.45, 2.75) is 6.18 Å². The highest BCUT2D eigenvalue weighted by atomic mass is 35.5. The molecule has 0 aliphatic carbocycles. The fourth-order valence-corrected chi connectivity index (χ4v) is 2.88. The fraction of sp³-hybridized carbons (Fsp3) is 0.0500. The first-order chi connectivity index (χ1) is 13.8. The van der Waals surface area contributed by atoms with Crippen LogP contribution in [0, 0.1) is 0 Å². The van der Waals surface area contributed by atoms with Gasteiger partial charge in [-0.25, -0.2) is 9.97 Å². The van der Waals surface area contributed by atoms with Crippen molar-refractivity contribution in [2.75, 3.05) is 0 Å². The summed E-state index contributed by atoms with van der Waals surface area (Å²) in [6.45, 7) is 0. The summed E-state index contributed by atoms with van der Waals surface area (Å²) < 4.78 is 43.5. The molecular formula is C20H11ClF3N3O2. The van der Waals surface area contributed by atoms with Gasteiger partial charge in [0.2, 0.25) is 5.88 Å². The fourth-order valence-electron chi connectivity index (χ4n) is 2.67. The Hall–Kier alpha value is -3.39. The lowest BCUT2D eigenvalue weighted by Gasteiger charge is -2.10. The molecule has 0 saturated heterocycles. The van der Waals surface area contributed by atoms with E-state index in [4.69, 9.17) is 16.3 Å². The van der Waals surface area contributed by atoms with E-state index in [9.17, 15) is 18.0 Å². The summed E-state index contributed by atoms with van der Waals surface area (Å²) in [5.74, 6) is 0.543. The van der Waals surface area contributed by atoms with Gasteiger partial charge in [-0.1, -0.05) is 23.7 Å². The van der Waals surface area contributed by atoms with Crippen molar-refractivity contribution in [3.05, 3.63) is 81.7 Å². The first-order valence-electron chi connectivity index (χ1n) is 8.31. The van der Waals surface area contributed by atoms with Gasteiger partial charge in [-0.2, -0.15) is 13.2 Å². The quantitative estimate of drug-likeness (QED) is 0.481. The first kappa shape index (κ1) is 18.9. The number of benzene rings is 2. The zero-order valence-electron chi connectivity index (χ0n) is 14.5. The molecule has 0 bridgehead atoms. The van der Waals surface area contributed by atoms with Crippen molar-refractivity contribution in [3.63, 3.8) is 0 Å². The Bertz CT molecular complexity index is 1250. The molecule has 4 rings (SSSR count). The largest absolute Gasteiger partial charge is 0.438 e. The zero-order chi connectivity index (χ0) is 20.6. The number of pyridine rings is 1. The first-order valence-corrected chi connectivity index (χ1v) is 8.69. The van der Waals surface area contributed by atoms with Crippen LogP contribution < -0.4 is 10.3 Å². The molecule has 2 aromatic heterocycles. The van der Waals surface area contributed by atoms with Gasteiger partial charge in [0.1, 0.15) is 16.6 Å². The van der Waals surface area contributed by atoms with Gasteiger partial charge in [-0.3, -0.25) is 4.79 Å². The minimum absolute atomic E-state index is 0.148. The summed E-state index contributed by atoms with van der Waals surface area (Å²) in [6.07, 6.45) is -3.89. The highest BCUT2D eigenvalue weighted by Gasteiger charge is 2.31. The third-order valence-corrected chi connectivity index (χ3v) is 4.36. The van der Waals surface area contributed by atoms with Gasteiger partial charge in [0, 0.05) is 11.8 Å². The van der Waals surface area contributed by atoms with Gasteiger partial charge in [-0.15, -0.1) is 0 Å². The van der Waals surface area contributed by atoms with Crippen molar-refractivity contribution in [3.8, 4) is 23.0 Å². The lowest BCUT2D eigenvalue weighted by atomic mass is 10.2. The molecule has 0 radical (unpaired) electrons. The van der Waals surface area contributed by atoms with Crippen molar-refractivity contribution >= 4 is 22.5 Å². The molecule has 5 nitrogen and oxygen atoms in total. The number of nitrogens with zero attached hydrogens (tertiary/aromatic N) is 2. The van der Waals surface area contributed by atoms with Crippen molar-refractivity contribution in [1.82, 2.24) is 15.0 Å². The number of aromatic nitrogens is 3. The number of hydrogen-bond donors (Lipinski definition) is 1. The van der Waals surface area contributed by atoms with E-state index in [0.29, 0.717) is 34.2 Å². The van der Waals surface area contributed by atoms with Gasteiger partial charge in [-0.05, 0) is 42.5 Å². The topological polar surface area (TPSA) is 67.9 Å². The standard InChI is InChI=1S/C20H11ClF3N3O2/c21-15-9-12(20(22,23)24)10-25-19(15)29-13-7-5-11(6-8-13)17-26-16-4-2-1-3-14(16)18(28)27-17/h1-10H,(H,26,27,28). The maximum atomic E-state index is 12.7. The number of nitrogens with one attached hydrogen (secondary N) is 1. The van der Waals surface area contributed by atoms with Gasteiger partial charge >= 0.3 is 6.18 Å². The lowest BCUT2D eigenvalue weighted by Crippen LogP contribution is -2.09. The van der Waals surface area contributed by atoms with Crippen LogP contribution in [0.3, 0.4) is 0 Å². The number of ether oxygens (including phenoxy) is 1. The van der Waals surface area contributed by atoms with E-state index in [-0.39, 0.29) is 16.5 Å². The van der Waals surface area contributed by atoms with Crippen molar-refractivity contribution in [1.29, 1.82) is 0 Å². The third-order valence-electron chi connectivity index (χ3n) is 4.09. The molecule has 0 atom stereocenters. The molecular weight excluding hydrogens is 407 g/mol. The van der Waals surface area contributed by atoms with Crippen LogP contribution >= 0.6 is 11.6 Å². The summed E-state index contributed by atoms with van der Waals surface area (Å²) in [5, 5.41) is 0.226. The smallest absolute Gasteiger partial charge is 0.417 e. The van der Waals surface area contributed by atoms with E-state index in [1.807, 2.05) is 0 Å². The maximum absolute atomic E-state index is 12.7. The van der Waals surface area contributed by atoms with Crippen LogP contribution in [0.15, 0.2) is 65.6 Å². The number of H-pyrrole nitrogens is 1. The summed E-state index contributed by atoms with van der Waals surface area (Å²) in [4.78, 5) is 23.0. The van der Waals surface area contributed by atoms with E-state index in [1.165, 1.54) is 0 Å². The molecule has 1 N–H and O–H groups in total. The Morgan fingerprint density at radius 3 is 2.45 bits per heavy atom. The summed E-state index contributed by atoms with van der Waals surface area (Å²) in [7, 11) is 0.